The van der Waals surface area contributed by atoms with Crippen molar-refractivity contribution in [1.82, 2.24) is 4.98 Å². The van der Waals surface area contributed by atoms with Crippen molar-refractivity contribution < 1.29 is 4.79 Å². The lowest BCUT2D eigenvalue weighted by Crippen LogP contribution is -2.19. The second-order valence-electron chi connectivity index (χ2n) is 5.66. The first kappa shape index (κ1) is 17.9. The van der Waals surface area contributed by atoms with E-state index in [0.29, 0.717) is 16.4 Å². The van der Waals surface area contributed by atoms with Gasteiger partial charge in [-0.1, -0.05) is 41.6 Å². The molecule has 0 saturated carbocycles. The fourth-order valence-electron chi connectivity index (χ4n) is 2.46. The van der Waals surface area contributed by atoms with Crippen LogP contribution in [0.5, 0.6) is 0 Å². The molecule has 134 valence electrons. The highest BCUT2D eigenvalue weighted by Crippen LogP contribution is 2.34. The molecule has 0 fully saturated rings. The Bertz CT molecular complexity index is 1060. The predicted molar refractivity (Wildman–Crippen MR) is 114 cm³/mol. The first-order valence-corrected chi connectivity index (χ1v) is 10.1. The van der Waals surface area contributed by atoms with E-state index in [-0.39, 0.29) is 6.03 Å². The molecule has 3 aromatic carbocycles. The molecule has 27 heavy (non-hydrogen) atoms. The number of nitrogens with one attached hydrogen (secondary N) is 2. The van der Waals surface area contributed by atoms with E-state index in [1.54, 1.807) is 47.4 Å². The van der Waals surface area contributed by atoms with Crippen LogP contribution in [-0.2, 0) is 0 Å². The average Bonchev–Trinajstić information content (AvgIpc) is 3.05. The zero-order valence-corrected chi connectivity index (χ0v) is 16.4. The summed E-state index contributed by atoms with van der Waals surface area (Å²) in [6, 6.07) is 22.5. The van der Waals surface area contributed by atoms with E-state index in [4.69, 9.17) is 11.6 Å². The maximum absolute atomic E-state index is 12.1. The highest BCUT2D eigenvalue weighted by Gasteiger charge is 2.07. The van der Waals surface area contributed by atoms with Gasteiger partial charge in [-0.3, -0.25) is 0 Å². The molecule has 7 heteroatoms. The summed E-state index contributed by atoms with van der Waals surface area (Å²) < 4.78 is 2.17. The summed E-state index contributed by atoms with van der Waals surface area (Å²) in [6.07, 6.45) is 0. The quantitative estimate of drug-likeness (QED) is 0.390. The second kappa shape index (κ2) is 8.00. The van der Waals surface area contributed by atoms with Gasteiger partial charge in [-0.2, -0.15) is 0 Å². The van der Waals surface area contributed by atoms with Crippen molar-refractivity contribution in [3.63, 3.8) is 0 Å². The molecule has 0 bridgehead atoms. The van der Waals surface area contributed by atoms with E-state index >= 15 is 0 Å². The summed E-state index contributed by atoms with van der Waals surface area (Å²) in [6.45, 7) is 0. The molecule has 0 unspecified atom stereocenters. The Morgan fingerprint density at radius 2 is 1.70 bits per heavy atom. The number of carbonyl (C=O) groups excluding carboxylic acids is 1. The predicted octanol–water partition coefficient (Wildman–Crippen LogP) is 6.74. The van der Waals surface area contributed by atoms with Gasteiger partial charge in [0.1, 0.15) is 0 Å². The SMILES string of the molecule is O=C(Nc1ccc(Sc2nc3ccccc3s2)cc1)Nc1cccc(Cl)c1. The Labute approximate surface area is 169 Å². The molecule has 1 heterocycles. The minimum atomic E-state index is -0.316. The number of hydrogen-bond acceptors (Lipinski definition) is 4. The summed E-state index contributed by atoms with van der Waals surface area (Å²) in [5.41, 5.74) is 2.37. The molecular weight excluding hydrogens is 398 g/mol. The Morgan fingerprint density at radius 3 is 2.48 bits per heavy atom. The van der Waals surface area contributed by atoms with E-state index in [2.05, 4.69) is 21.7 Å². The zero-order chi connectivity index (χ0) is 18.6. The van der Waals surface area contributed by atoms with Crippen LogP contribution >= 0.6 is 34.7 Å². The normalized spacial score (nSPS) is 10.7. The van der Waals surface area contributed by atoms with Gasteiger partial charge in [-0.15, -0.1) is 11.3 Å². The van der Waals surface area contributed by atoms with Crippen LogP contribution < -0.4 is 10.6 Å². The van der Waals surface area contributed by atoms with Gasteiger partial charge in [0.05, 0.1) is 10.2 Å². The number of fused-ring (bicyclic) bond motifs is 1. The van der Waals surface area contributed by atoms with E-state index in [9.17, 15) is 4.79 Å². The number of amides is 2. The number of carbonyl (C=O) groups is 1. The first-order chi connectivity index (χ1) is 13.2. The molecule has 0 aliphatic heterocycles. The Morgan fingerprint density at radius 1 is 0.926 bits per heavy atom. The van der Waals surface area contributed by atoms with Crippen LogP contribution in [0, 0.1) is 0 Å². The smallest absolute Gasteiger partial charge is 0.308 e. The average molecular weight is 412 g/mol. The molecular formula is C20H14ClN3OS2. The van der Waals surface area contributed by atoms with Crippen molar-refractivity contribution in [3.05, 3.63) is 77.8 Å². The lowest BCUT2D eigenvalue weighted by Gasteiger charge is -2.08. The van der Waals surface area contributed by atoms with Crippen molar-refractivity contribution in [2.24, 2.45) is 0 Å². The molecule has 1 aromatic heterocycles. The fraction of sp³-hybridized carbons (Fsp3) is 0. The van der Waals surface area contributed by atoms with Crippen LogP contribution in [-0.4, -0.2) is 11.0 Å². The van der Waals surface area contributed by atoms with Gasteiger partial charge in [-0.05, 0) is 54.6 Å². The molecule has 2 N–H and O–H groups in total. The molecule has 0 saturated heterocycles. The Kier molecular flexibility index (Phi) is 5.29. The van der Waals surface area contributed by atoms with Gasteiger partial charge in [0.15, 0.2) is 4.34 Å². The molecule has 0 radical (unpaired) electrons. The van der Waals surface area contributed by atoms with Crippen molar-refractivity contribution in [3.8, 4) is 0 Å². The summed E-state index contributed by atoms with van der Waals surface area (Å²) in [4.78, 5) is 17.8. The molecule has 0 atom stereocenters. The molecule has 4 nitrogen and oxygen atoms in total. The second-order valence-corrected chi connectivity index (χ2v) is 8.45. The van der Waals surface area contributed by atoms with Crippen molar-refractivity contribution in [2.75, 3.05) is 10.6 Å². The number of thiazole rings is 1. The molecule has 0 aliphatic rings. The van der Waals surface area contributed by atoms with E-state index in [1.165, 1.54) is 4.70 Å². The number of halogens is 1. The third-order valence-corrected chi connectivity index (χ3v) is 6.01. The van der Waals surface area contributed by atoms with E-state index in [0.717, 1.165) is 14.8 Å². The number of rotatable bonds is 4. The van der Waals surface area contributed by atoms with E-state index in [1.807, 2.05) is 42.5 Å². The summed E-state index contributed by atoms with van der Waals surface area (Å²) in [5.74, 6) is 0. The molecule has 0 spiro atoms. The van der Waals surface area contributed by atoms with Gasteiger partial charge in [0, 0.05) is 21.3 Å². The maximum atomic E-state index is 12.1. The number of urea groups is 1. The van der Waals surface area contributed by atoms with Gasteiger partial charge in [-0.25, -0.2) is 9.78 Å². The number of aromatic nitrogens is 1. The van der Waals surface area contributed by atoms with Crippen LogP contribution in [0.25, 0.3) is 10.2 Å². The Hall–Kier alpha value is -2.54. The lowest BCUT2D eigenvalue weighted by atomic mass is 10.3. The van der Waals surface area contributed by atoms with Crippen LogP contribution in [0.4, 0.5) is 16.2 Å². The van der Waals surface area contributed by atoms with Gasteiger partial charge >= 0.3 is 6.03 Å². The van der Waals surface area contributed by atoms with Crippen molar-refractivity contribution >= 4 is 62.3 Å². The number of benzene rings is 3. The summed E-state index contributed by atoms with van der Waals surface area (Å²) in [5, 5.41) is 6.13. The fourth-order valence-corrected chi connectivity index (χ4v) is 4.69. The summed E-state index contributed by atoms with van der Waals surface area (Å²) in [7, 11) is 0. The van der Waals surface area contributed by atoms with E-state index < -0.39 is 0 Å². The van der Waals surface area contributed by atoms with Gasteiger partial charge < -0.3 is 10.6 Å². The number of para-hydroxylation sites is 1. The zero-order valence-electron chi connectivity index (χ0n) is 14.0. The topological polar surface area (TPSA) is 54.0 Å². The maximum Gasteiger partial charge on any atom is 0.323 e. The number of nitrogens with zero attached hydrogens (tertiary/aromatic N) is 1. The van der Waals surface area contributed by atoms with Crippen LogP contribution in [0.3, 0.4) is 0 Å². The molecule has 4 aromatic rings. The van der Waals surface area contributed by atoms with Crippen LogP contribution in [0.1, 0.15) is 0 Å². The number of hydrogen-bond donors (Lipinski definition) is 2. The van der Waals surface area contributed by atoms with Crippen molar-refractivity contribution in [2.45, 2.75) is 9.24 Å². The lowest BCUT2D eigenvalue weighted by molar-refractivity contribution is 0.262. The van der Waals surface area contributed by atoms with Crippen molar-refractivity contribution in [1.29, 1.82) is 0 Å². The largest absolute Gasteiger partial charge is 0.323 e. The highest BCUT2D eigenvalue weighted by atomic mass is 35.5. The molecule has 0 aliphatic carbocycles. The number of anilines is 2. The monoisotopic (exact) mass is 411 g/mol. The molecule has 2 amide bonds. The minimum Gasteiger partial charge on any atom is -0.308 e. The van der Waals surface area contributed by atoms with Crippen LogP contribution in [0.2, 0.25) is 5.02 Å². The van der Waals surface area contributed by atoms with Crippen LogP contribution in [0.15, 0.2) is 82.0 Å². The first-order valence-electron chi connectivity index (χ1n) is 8.13. The highest BCUT2D eigenvalue weighted by molar-refractivity contribution is 8.01. The van der Waals surface area contributed by atoms with Gasteiger partial charge in [0.2, 0.25) is 0 Å². The standard InChI is InChI=1S/C20H14ClN3OS2/c21-13-4-3-5-15(12-13)23-19(25)22-14-8-10-16(11-9-14)26-20-24-17-6-1-2-7-18(17)27-20/h1-12H,(H2,22,23,25). The third kappa shape index (κ3) is 4.60. The molecule has 4 rings (SSSR count). The summed E-state index contributed by atoms with van der Waals surface area (Å²) >= 11 is 9.20. The minimum absolute atomic E-state index is 0.316. The Balaban J connectivity index is 1.39. The van der Waals surface area contributed by atoms with Gasteiger partial charge in [0.25, 0.3) is 0 Å². The third-order valence-electron chi connectivity index (χ3n) is 3.67.